The summed E-state index contributed by atoms with van der Waals surface area (Å²) in [7, 11) is 1.92. The van der Waals surface area contributed by atoms with E-state index in [0.717, 1.165) is 19.3 Å². The summed E-state index contributed by atoms with van der Waals surface area (Å²) in [5, 5.41) is 2.73. The number of alkyl halides is 2. The smallest absolute Gasteiger partial charge is 0.395 e. The van der Waals surface area contributed by atoms with Gasteiger partial charge in [-0.1, -0.05) is 24.3 Å². The van der Waals surface area contributed by atoms with Crippen molar-refractivity contribution >= 4 is 11.6 Å². The summed E-state index contributed by atoms with van der Waals surface area (Å²) < 4.78 is 35.0. The van der Waals surface area contributed by atoms with Crippen molar-refractivity contribution in [2.45, 2.75) is 31.6 Å². The Labute approximate surface area is 155 Å². The number of ether oxygens (including phenoxy) is 2. The average molecular weight is 374 g/mol. The molecule has 7 heteroatoms. The molecule has 0 aromatic heterocycles. The van der Waals surface area contributed by atoms with E-state index >= 15 is 0 Å². The van der Waals surface area contributed by atoms with Gasteiger partial charge in [0.15, 0.2) is 11.5 Å². The van der Waals surface area contributed by atoms with Crippen LogP contribution < -0.4 is 14.8 Å². The molecule has 1 heterocycles. The predicted octanol–water partition coefficient (Wildman–Crippen LogP) is 3.96. The molecule has 2 aromatic carbocycles. The minimum absolute atomic E-state index is 0.0473. The average Bonchev–Trinajstić information content (AvgIpc) is 2.94. The van der Waals surface area contributed by atoms with Gasteiger partial charge in [0.05, 0.1) is 6.54 Å². The maximum atomic E-state index is 13.1. The third-order valence-corrected chi connectivity index (χ3v) is 4.95. The lowest BCUT2D eigenvalue weighted by Crippen LogP contribution is -2.34. The molecule has 4 rings (SSSR count). The van der Waals surface area contributed by atoms with Crippen molar-refractivity contribution < 1.29 is 23.0 Å². The summed E-state index contributed by atoms with van der Waals surface area (Å²) in [6, 6.07) is 12.7. The van der Waals surface area contributed by atoms with Crippen molar-refractivity contribution in [3.05, 3.63) is 53.6 Å². The molecule has 0 radical (unpaired) electrons. The van der Waals surface area contributed by atoms with E-state index in [2.05, 4.69) is 26.9 Å². The first-order valence-corrected chi connectivity index (χ1v) is 8.89. The van der Waals surface area contributed by atoms with E-state index in [1.54, 1.807) is 0 Å². The van der Waals surface area contributed by atoms with E-state index in [0.29, 0.717) is 5.69 Å². The van der Waals surface area contributed by atoms with Crippen LogP contribution in [0.2, 0.25) is 0 Å². The van der Waals surface area contributed by atoms with Gasteiger partial charge in [-0.05, 0) is 49.6 Å². The van der Waals surface area contributed by atoms with E-state index in [-0.39, 0.29) is 30.0 Å². The van der Waals surface area contributed by atoms with Crippen molar-refractivity contribution in [2.24, 2.45) is 0 Å². The zero-order valence-corrected chi connectivity index (χ0v) is 14.9. The standard InChI is InChI=1S/C20H20F2N2O3/c1-24(16-8-4-6-13-5-2-3-7-15(13)16)12-19(25)23-14-9-10-17-18(11-14)27-20(21,22)26-17/h2-3,5,7,9-11,16H,4,6,8,12H2,1H3,(H,23,25). The molecule has 27 heavy (non-hydrogen) atoms. The van der Waals surface area contributed by atoms with E-state index in [1.165, 1.54) is 29.3 Å². The Morgan fingerprint density at radius 1 is 1.22 bits per heavy atom. The number of hydrogen-bond acceptors (Lipinski definition) is 4. The number of anilines is 1. The van der Waals surface area contributed by atoms with Gasteiger partial charge in [-0.2, -0.15) is 0 Å². The van der Waals surface area contributed by atoms with Gasteiger partial charge in [-0.25, -0.2) is 0 Å². The van der Waals surface area contributed by atoms with Crippen LogP contribution in [0.1, 0.15) is 30.0 Å². The summed E-state index contributed by atoms with van der Waals surface area (Å²) in [6.07, 6.45) is -0.516. The molecule has 142 valence electrons. The maximum absolute atomic E-state index is 13.1. The number of aryl methyl sites for hydroxylation is 1. The van der Waals surface area contributed by atoms with Crippen LogP contribution in [-0.2, 0) is 11.2 Å². The van der Waals surface area contributed by atoms with Crippen LogP contribution in [0.25, 0.3) is 0 Å². The number of hydrogen-bond donors (Lipinski definition) is 1. The van der Waals surface area contributed by atoms with Gasteiger partial charge in [-0.3, -0.25) is 9.69 Å². The minimum Gasteiger partial charge on any atom is -0.395 e. The third-order valence-electron chi connectivity index (χ3n) is 4.95. The molecule has 0 bridgehead atoms. The number of likely N-dealkylation sites (N-methyl/N-ethyl adjacent to an activating group) is 1. The highest BCUT2D eigenvalue weighted by Gasteiger charge is 2.43. The zero-order valence-electron chi connectivity index (χ0n) is 14.9. The molecule has 1 aliphatic heterocycles. The van der Waals surface area contributed by atoms with E-state index < -0.39 is 6.29 Å². The van der Waals surface area contributed by atoms with Gasteiger partial charge in [0.25, 0.3) is 0 Å². The molecule has 1 amide bonds. The van der Waals surface area contributed by atoms with Gasteiger partial charge in [0.2, 0.25) is 5.91 Å². The molecule has 2 aliphatic rings. The van der Waals surface area contributed by atoms with E-state index in [1.807, 2.05) is 24.1 Å². The lowest BCUT2D eigenvalue weighted by atomic mass is 9.87. The molecule has 0 saturated carbocycles. The summed E-state index contributed by atoms with van der Waals surface area (Å²) in [5.41, 5.74) is 2.99. The van der Waals surface area contributed by atoms with Crippen molar-refractivity contribution in [1.82, 2.24) is 4.90 Å². The number of fused-ring (bicyclic) bond motifs is 2. The lowest BCUT2D eigenvalue weighted by Gasteiger charge is -2.32. The predicted molar refractivity (Wildman–Crippen MR) is 96.0 cm³/mol. The molecule has 0 spiro atoms. The summed E-state index contributed by atoms with van der Waals surface area (Å²) in [4.78, 5) is 14.5. The normalized spacial score (nSPS) is 19.6. The van der Waals surface area contributed by atoms with Crippen molar-refractivity contribution in [2.75, 3.05) is 18.9 Å². The van der Waals surface area contributed by atoms with Gasteiger partial charge in [0, 0.05) is 17.8 Å². The third kappa shape index (κ3) is 3.73. The molecule has 1 N–H and O–H groups in total. The number of rotatable bonds is 4. The van der Waals surface area contributed by atoms with Crippen molar-refractivity contribution in [3.63, 3.8) is 0 Å². The molecule has 1 unspecified atom stereocenters. The molecule has 5 nitrogen and oxygen atoms in total. The fourth-order valence-electron chi connectivity index (χ4n) is 3.75. The lowest BCUT2D eigenvalue weighted by molar-refractivity contribution is -0.286. The summed E-state index contributed by atoms with van der Waals surface area (Å²) in [6.45, 7) is 0.198. The fourth-order valence-corrected chi connectivity index (χ4v) is 3.75. The Balaban J connectivity index is 1.41. The van der Waals surface area contributed by atoms with Gasteiger partial charge >= 0.3 is 6.29 Å². The van der Waals surface area contributed by atoms with Crippen LogP contribution in [0, 0.1) is 0 Å². The van der Waals surface area contributed by atoms with Crippen molar-refractivity contribution in [3.8, 4) is 11.5 Å². The Morgan fingerprint density at radius 3 is 2.85 bits per heavy atom. The molecule has 0 fully saturated rings. The van der Waals surface area contributed by atoms with E-state index in [4.69, 9.17) is 0 Å². The Kier molecular flexibility index (Phi) is 4.47. The highest BCUT2D eigenvalue weighted by Crippen LogP contribution is 2.42. The number of nitrogens with zero attached hydrogens (tertiary/aromatic N) is 1. The second-order valence-electron chi connectivity index (χ2n) is 6.90. The SMILES string of the molecule is CN(CC(=O)Nc1ccc2c(c1)OC(F)(F)O2)C1CCCc2ccccc21. The van der Waals surface area contributed by atoms with Crippen LogP contribution in [0.5, 0.6) is 11.5 Å². The quantitative estimate of drug-likeness (QED) is 0.880. The van der Waals surface area contributed by atoms with Crippen LogP contribution in [0.4, 0.5) is 14.5 Å². The molecular weight excluding hydrogens is 354 g/mol. The number of carbonyl (C=O) groups is 1. The highest BCUT2D eigenvalue weighted by atomic mass is 19.3. The van der Waals surface area contributed by atoms with Crippen LogP contribution in [0.3, 0.4) is 0 Å². The molecule has 0 saturated heterocycles. The number of benzene rings is 2. The first-order chi connectivity index (χ1) is 12.9. The van der Waals surface area contributed by atoms with Gasteiger partial charge < -0.3 is 14.8 Å². The van der Waals surface area contributed by atoms with Crippen molar-refractivity contribution in [1.29, 1.82) is 0 Å². The van der Waals surface area contributed by atoms with Gasteiger partial charge in [0.1, 0.15) is 0 Å². The van der Waals surface area contributed by atoms with Crippen LogP contribution in [0.15, 0.2) is 42.5 Å². The highest BCUT2D eigenvalue weighted by molar-refractivity contribution is 5.92. The minimum atomic E-state index is -3.67. The molecule has 1 aliphatic carbocycles. The van der Waals surface area contributed by atoms with E-state index in [9.17, 15) is 13.6 Å². The Hall–Kier alpha value is -2.67. The van der Waals surface area contributed by atoms with Crippen LogP contribution in [-0.4, -0.2) is 30.7 Å². The second kappa shape index (κ2) is 6.81. The molecule has 2 aromatic rings. The van der Waals surface area contributed by atoms with Gasteiger partial charge in [-0.15, -0.1) is 8.78 Å². The Bertz CT molecular complexity index is 872. The molecule has 1 atom stereocenters. The summed E-state index contributed by atoms with van der Waals surface area (Å²) in [5.74, 6) is -0.354. The topological polar surface area (TPSA) is 50.8 Å². The second-order valence-corrected chi connectivity index (χ2v) is 6.90. The molecular formula is C20H20F2N2O3. The zero-order chi connectivity index (χ0) is 19.0. The number of amides is 1. The fraction of sp³-hybridized carbons (Fsp3) is 0.350. The number of carbonyl (C=O) groups excluding carboxylic acids is 1. The first-order valence-electron chi connectivity index (χ1n) is 8.89. The Morgan fingerprint density at radius 2 is 2.00 bits per heavy atom. The first kappa shape index (κ1) is 17.7. The monoisotopic (exact) mass is 374 g/mol. The largest absolute Gasteiger partial charge is 0.586 e. The summed E-state index contributed by atoms with van der Waals surface area (Å²) >= 11 is 0. The number of nitrogens with one attached hydrogen (secondary N) is 1. The number of halogens is 2. The maximum Gasteiger partial charge on any atom is 0.586 e. The van der Waals surface area contributed by atoms with Crippen LogP contribution >= 0.6 is 0 Å².